The number of likely N-dealkylation sites (tertiary alicyclic amines) is 2. The minimum absolute atomic E-state index is 0.0331. The average Bonchev–Trinajstić information content (AvgIpc) is 3.04. The monoisotopic (exact) mass is 371 g/mol. The molecule has 3 rings (SSSR count). The van der Waals surface area contributed by atoms with E-state index in [1.165, 1.54) is 25.9 Å². The minimum Gasteiger partial charge on any atom is -0.356 e. The molecule has 2 saturated heterocycles. The SMILES string of the molecule is CC1CCN(CCCCNC(=O)C2CC(=O)N(Cc3ccccc3)C2)CC1. The summed E-state index contributed by atoms with van der Waals surface area (Å²) in [6.45, 7) is 7.75. The van der Waals surface area contributed by atoms with Gasteiger partial charge in [0.15, 0.2) is 0 Å². The maximum Gasteiger partial charge on any atom is 0.225 e. The standard InChI is InChI=1S/C22H33N3O2/c1-18-9-13-24(14-10-18)12-6-5-11-23-22(27)20-15-21(26)25(17-20)16-19-7-3-2-4-8-19/h2-4,7-8,18,20H,5-6,9-17H2,1H3,(H,23,27). The van der Waals surface area contributed by atoms with Crippen molar-refractivity contribution in [2.24, 2.45) is 11.8 Å². The van der Waals surface area contributed by atoms with Crippen LogP contribution in [-0.2, 0) is 16.1 Å². The summed E-state index contributed by atoms with van der Waals surface area (Å²) in [6, 6.07) is 9.96. The van der Waals surface area contributed by atoms with Crippen molar-refractivity contribution >= 4 is 11.8 Å². The predicted molar refractivity (Wildman–Crippen MR) is 107 cm³/mol. The van der Waals surface area contributed by atoms with Crippen molar-refractivity contribution in [1.29, 1.82) is 0 Å². The molecule has 1 aromatic carbocycles. The van der Waals surface area contributed by atoms with E-state index in [9.17, 15) is 9.59 Å². The van der Waals surface area contributed by atoms with Crippen LogP contribution in [0.15, 0.2) is 30.3 Å². The number of carbonyl (C=O) groups is 2. The van der Waals surface area contributed by atoms with Crippen LogP contribution in [0.5, 0.6) is 0 Å². The molecule has 2 aliphatic rings. The highest BCUT2D eigenvalue weighted by Gasteiger charge is 2.33. The maximum absolute atomic E-state index is 12.4. The Bertz CT molecular complexity index is 611. The van der Waals surface area contributed by atoms with Crippen LogP contribution >= 0.6 is 0 Å². The van der Waals surface area contributed by atoms with Crippen LogP contribution in [0.4, 0.5) is 0 Å². The van der Waals surface area contributed by atoms with E-state index >= 15 is 0 Å². The average molecular weight is 372 g/mol. The highest BCUT2D eigenvalue weighted by Crippen LogP contribution is 2.20. The molecular formula is C22H33N3O2. The first kappa shape index (κ1) is 19.9. The van der Waals surface area contributed by atoms with Gasteiger partial charge in [0.2, 0.25) is 11.8 Å². The largest absolute Gasteiger partial charge is 0.356 e. The summed E-state index contributed by atoms with van der Waals surface area (Å²) in [7, 11) is 0. The van der Waals surface area contributed by atoms with Crippen molar-refractivity contribution in [1.82, 2.24) is 15.1 Å². The zero-order chi connectivity index (χ0) is 19.1. The summed E-state index contributed by atoms with van der Waals surface area (Å²) < 4.78 is 0. The third-order valence-corrected chi connectivity index (χ3v) is 5.88. The van der Waals surface area contributed by atoms with Gasteiger partial charge in [-0.2, -0.15) is 0 Å². The predicted octanol–water partition coefficient (Wildman–Crippen LogP) is 2.66. The van der Waals surface area contributed by atoms with E-state index in [0.717, 1.165) is 30.9 Å². The molecule has 0 bridgehead atoms. The van der Waals surface area contributed by atoms with E-state index < -0.39 is 0 Å². The Kier molecular flexibility index (Phi) is 7.27. The maximum atomic E-state index is 12.4. The normalized spacial score (nSPS) is 21.6. The van der Waals surface area contributed by atoms with Crippen molar-refractivity contribution in [2.75, 3.05) is 32.7 Å². The van der Waals surface area contributed by atoms with Crippen LogP contribution in [0.3, 0.4) is 0 Å². The van der Waals surface area contributed by atoms with Gasteiger partial charge in [-0.05, 0) is 56.8 Å². The van der Waals surface area contributed by atoms with Gasteiger partial charge in [-0.15, -0.1) is 0 Å². The lowest BCUT2D eigenvalue weighted by molar-refractivity contribution is -0.129. The molecule has 1 aromatic rings. The zero-order valence-corrected chi connectivity index (χ0v) is 16.5. The van der Waals surface area contributed by atoms with Crippen LogP contribution in [0.25, 0.3) is 0 Å². The third-order valence-electron chi connectivity index (χ3n) is 5.88. The summed E-state index contributed by atoms with van der Waals surface area (Å²) in [5.74, 6) is 0.782. The lowest BCUT2D eigenvalue weighted by Gasteiger charge is -2.30. The Balaban J connectivity index is 1.31. The number of benzene rings is 1. The second kappa shape index (κ2) is 9.88. The van der Waals surface area contributed by atoms with Crippen molar-refractivity contribution in [3.63, 3.8) is 0 Å². The summed E-state index contributed by atoms with van der Waals surface area (Å²) in [5, 5.41) is 3.04. The molecule has 0 saturated carbocycles. The molecule has 0 radical (unpaired) electrons. The van der Waals surface area contributed by atoms with Gasteiger partial charge in [-0.1, -0.05) is 37.3 Å². The number of nitrogens with one attached hydrogen (secondary N) is 1. The summed E-state index contributed by atoms with van der Waals surface area (Å²) >= 11 is 0. The van der Waals surface area contributed by atoms with Crippen LogP contribution in [-0.4, -0.2) is 54.3 Å². The van der Waals surface area contributed by atoms with Crippen LogP contribution < -0.4 is 5.32 Å². The van der Waals surface area contributed by atoms with E-state index in [1.54, 1.807) is 4.90 Å². The second-order valence-electron chi connectivity index (χ2n) is 8.18. The molecule has 0 aliphatic carbocycles. The fraction of sp³-hybridized carbons (Fsp3) is 0.636. The molecule has 2 aliphatic heterocycles. The third kappa shape index (κ3) is 6.06. The van der Waals surface area contributed by atoms with Crippen LogP contribution in [0.2, 0.25) is 0 Å². The number of amides is 2. The minimum atomic E-state index is -0.204. The summed E-state index contributed by atoms with van der Waals surface area (Å²) in [5.41, 5.74) is 1.11. The van der Waals surface area contributed by atoms with Gasteiger partial charge in [0, 0.05) is 26.1 Å². The molecule has 5 nitrogen and oxygen atoms in total. The second-order valence-corrected chi connectivity index (χ2v) is 8.18. The first-order valence-electron chi connectivity index (χ1n) is 10.4. The van der Waals surface area contributed by atoms with Gasteiger partial charge in [0.05, 0.1) is 5.92 Å². The molecule has 1 N–H and O–H groups in total. The number of rotatable bonds is 8. The van der Waals surface area contributed by atoms with Crippen LogP contribution in [0, 0.1) is 11.8 Å². The van der Waals surface area contributed by atoms with Crippen molar-refractivity contribution < 1.29 is 9.59 Å². The van der Waals surface area contributed by atoms with Gasteiger partial charge >= 0.3 is 0 Å². The molecule has 1 atom stereocenters. The van der Waals surface area contributed by atoms with Gasteiger partial charge in [0.25, 0.3) is 0 Å². The van der Waals surface area contributed by atoms with Gasteiger partial charge in [0.1, 0.15) is 0 Å². The van der Waals surface area contributed by atoms with Gasteiger partial charge in [-0.3, -0.25) is 9.59 Å². The van der Waals surface area contributed by atoms with E-state index in [2.05, 4.69) is 17.1 Å². The number of hydrogen-bond donors (Lipinski definition) is 1. The highest BCUT2D eigenvalue weighted by atomic mass is 16.2. The smallest absolute Gasteiger partial charge is 0.225 e. The molecule has 2 fully saturated rings. The first-order chi connectivity index (χ1) is 13.1. The van der Waals surface area contributed by atoms with E-state index in [1.807, 2.05) is 30.3 Å². The lowest BCUT2D eigenvalue weighted by Crippen LogP contribution is -2.35. The molecule has 0 aromatic heterocycles. The molecular weight excluding hydrogens is 338 g/mol. The van der Waals surface area contributed by atoms with E-state index in [-0.39, 0.29) is 17.7 Å². The zero-order valence-electron chi connectivity index (χ0n) is 16.5. The summed E-state index contributed by atoms with van der Waals surface area (Å²) in [4.78, 5) is 28.9. The number of nitrogens with zero attached hydrogens (tertiary/aromatic N) is 2. The quantitative estimate of drug-likeness (QED) is 0.715. The molecule has 2 amide bonds. The van der Waals surface area contributed by atoms with Gasteiger partial charge < -0.3 is 15.1 Å². The van der Waals surface area contributed by atoms with Crippen molar-refractivity contribution in [2.45, 2.75) is 45.6 Å². The Morgan fingerprint density at radius 3 is 2.63 bits per heavy atom. The van der Waals surface area contributed by atoms with E-state index in [4.69, 9.17) is 0 Å². The number of carbonyl (C=O) groups excluding carboxylic acids is 2. The first-order valence-corrected chi connectivity index (χ1v) is 10.4. The highest BCUT2D eigenvalue weighted by molar-refractivity contribution is 5.89. The number of unbranched alkanes of at least 4 members (excludes halogenated alkanes) is 1. The molecule has 27 heavy (non-hydrogen) atoms. The number of hydrogen-bond acceptors (Lipinski definition) is 3. The molecule has 1 unspecified atom stereocenters. The Hall–Kier alpha value is -1.88. The molecule has 0 spiro atoms. The van der Waals surface area contributed by atoms with Gasteiger partial charge in [-0.25, -0.2) is 0 Å². The van der Waals surface area contributed by atoms with Crippen molar-refractivity contribution in [3.8, 4) is 0 Å². The van der Waals surface area contributed by atoms with Crippen LogP contribution in [0.1, 0.15) is 44.6 Å². The Morgan fingerprint density at radius 1 is 1.15 bits per heavy atom. The molecule has 2 heterocycles. The fourth-order valence-corrected chi connectivity index (χ4v) is 4.01. The number of piperidine rings is 1. The molecule has 5 heteroatoms. The Morgan fingerprint density at radius 2 is 1.89 bits per heavy atom. The fourth-order valence-electron chi connectivity index (χ4n) is 4.01. The van der Waals surface area contributed by atoms with E-state index in [0.29, 0.717) is 26.1 Å². The topological polar surface area (TPSA) is 52.7 Å². The lowest BCUT2D eigenvalue weighted by atomic mass is 9.99. The molecule has 148 valence electrons. The van der Waals surface area contributed by atoms with Crippen molar-refractivity contribution in [3.05, 3.63) is 35.9 Å². The Labute approximate surface area is 163 Å². The summed E-state index contributed by atoms with van der Waals surface area (Å²) in [6.07, 6.45) is 5.09.